The van der Waals surface area contributed by atoms with E-state index < -0.39 is 5.91 Å². The molecule has 1 aliphatic carbocycles. The topological polar surface area (TPSA) is 119 Å². The van der Waals surface area contributed by atoms with Crippen LogP contribution in [0.4, 0.5) is 17.3 Å². The van der Waals surface area contributed by atoms with Crippen LogP contribution in [-0.2, 0) is 0 Å². The lowest BCUT2D eigenvalue weighted by atomic mass is 9.91. The molecule has 144 valence electrons. The first kappa shape index (κ1) is 18.2. The van der Waals surface area contributed by atoms with Crippen LogP contribution in [0.1, 0.15) is 36.0 Å². The Hall–Kier alpha value is -3.19. The van der Waals surface area contributed by atoms with Crippen LogP contribution in [-0.4, -0.2) is 28.0 Å². The number of nitrogens with one attached hydrogen (secondary N) is 2. The molecule has 1 saturated carbocycles. The number of hydrogen-bond acceptors (Lipinski definition) is 6. The molecule has 4 rings (SSSR count). The zero-order valence-electron chi connectivity index (χ0n) is 15.6. The first-order valence-corrected chi connectivity index (χ1v) is 9.54. The molecule has 1 amide bonds. The second-order valence-corrected chi connectivity index (χ2v) is 7.22. The van der Waals surface area contributed by atoms with Gasteiger partial charge in [-0.25, -0.2) is 4.98 Å². The average molecular weight is 376 g/mol. The molecule has 7 nitrogen and oxygen atoms in total. The van der Waals surface area contributed by atoms with Gasteiger partial charge in [-0.05, 0) is 48.6 Å². The fourth-order valence-corrected chi connectivity index (χ4v) is 3.66. The summed E-state index contributed by atoms with van der Waals surface area (Å²) in [6.45, 7) is 0. The SMILES string of the molecule is NC(=O)c1ccc(N[C@@H]2CCCC[C@@H]2N)nc1Nc1ccc2cnccc2c1. The maximum absolute atomic E-state index is 11.9. The van der Waals surface area contributed by atoms with Gasteiger partial charge in [0.05, 0.1) is 5.56 Å². The van der Waals surface area contributed by atoms with E-state index in [0.717, 1.165) is 42.1 Å². The number of hydrogen-bond donors (Lipinski definition) is 4. The number of nitrogens with two attached hydrogens (primary N) is 2. The van der Waals surface area contributed by atoms with Gasteiger partial charge in [-0.3, -0.25) is 9.78 Å². The van der Waals surface area contributed by atoms with Gasteiger partial charge in [-0.1, -0.05) is 18.9 Å². The molecule has 1 aliphatic rings. The van der Waals surface area contributed by atoms with E-state index in [0.29, 0.717) is 17.2 Å². The molecule has 0 aliphatic heterocycles. The van der Waals surface area contributed by atoms with Crippen molar-refractivity contribution in [3.8, 4) is 0 Å². The largest absolute Gasteiger partial charge is 0.366 e. The fraction of sp³-hybridized carbons (Fsp3) is 0.286. The second-order valence-electron chi connectivity index (χ2n) is 7.22. The third kappa shape index (κ3) is 3.89. The van der Waals surface area contributed by atoms with Crippen LogP contribution in [0.2, 0.25) is 0 Å². The predicted octanol–water partition coefficient (Wildman–Crippen LogP) is 3.15. The number of fused-ring (bicyclic) bond motifs is 1. The molecular formula is C21H24N6O. The van der Waals surface area contributed by atoms with Gasteiger partial charge in [-0.15, -0.1) is 0 Å². The summed E-state index contributed by atoms with van der Waals surface area (Å²) in [4.78, 5) is 20.6. The maximum Gasteiger partial charge on any atom is 0.252 e. The lowest BCUT2D eigenvalue weighted by molar-refractivity contribution is 0.100. The molecule has 0 saturated heterocycles. The highest BCUT2D eigenvalue weighted by Crippen LogP contribution is 2.26. The van der Waals surface area contributed by atoms with E-state index in [1.165, 1.54) is 0 Å². The van der Waals surface area contributed by atoms with Gasteiger partial charge in [0.1, 0.15) is 11.6 Å². The first-order valence-electron chi connectivity index (χ1n) is 9.54. The van der Waals surface area contributed by atoms with Crippen molar-refractivity contribution in [1.29, 1.82) is 0 Å². The lowest BCUT2D eigenvalue weighted by Crippen LogP contribution is -2.42. The molecule has 0 bridgehead atoms. The van der Waals surface area contributed by atoms with E-state index >= 15 is 0 Å². The van der Waals surface area contributed by atoms with Crippen LogP contribution in [0.3, 0.4) is 0 Å². The van der Waals surface area contributed by atoms with E-state index in [9.17, 15) is 4.79 Å². The monoisotopic (exact) mass is 376 g/mol. The quantitative estimate of drug-likeness (QED) is 0.543. The average Bonchev–Trinajstić information content (AvgIpc) is 2.70. The smallest absolute Gasteiger partial charge is 0.252 e. The van der Waals surface area contributed by atoms with Crippen molar-refractivity contribution in [2.24, 2.45) is 11.5 Å². The Kier molecular flexibility index (Phi) is 5.08. The van der Waals surface area contributed by atoms with Crippen LogP contribution in [0, 0.1) is 0 Å². The predicted molar refractivity (Wildman–Crippen MR) is 112 cm³/mol. The minimum Gasteiger partial charge on any atom is -0.366 e. The zero-order valence-corrected chi connectivity index (χ0v) is 15.6. The molecule has 3 aromatic rings. The second kappa shape index (κ2) is 7.82. The number of carbonyl (C=O) groups excluding carboxylic acids is 1. The lowest BCUT2D eigenvalue weighted by Gasteiger charge is -2.29. The molecule has 0 radical (unpaired) electrons. The van der Waals surface area contributed by atoms with Gasteiger partial charge in [0.2, 0.25) is 0 Å². The molecule has 1 aromatic carbocycles. The summed E-state index contributed by atoms with van der Waals surface area (Å²) in [6.07, 6.45) is 7.90. The van der Waals surface area contributed by atoms with Gasteiger partial charge < -0.3 is 22.1 Å². The zero-order chi connectivity index (χ0) is 19.5. The fourth-order valence-electron chi connectivity index (χ4n) is 3.66. The third-order valence-corrected chi connectivity index (χ3v) is 5.22. The van der Waals surface area contributed by atoms with Crippen molar-refractivity contribution in [2.75, 3.05) is 10.6 Å². The summed E-state index contributed by atoms with van der Waals surface area (Å²) in [7, 11) is 0. The number of pyridine rings is 2. The molecular weight excluding hydrogens is 352 g/mol. The van der Waals surface area contributed by atoms with Crippen molar-refractivity contribution >= 4 is 34.0 Å². The number of nitrogens with zero attached hydrogens (tertiary/aromatic N) is 2. The summed E-state index contributed by atoms with van der Waals surface area (Å²) in [6, 6.07) is 11.6. The van der Waals surface area contributed by atoms with Crippen molar-refractivity contribution in [3.05, 3.63) is 54.4 Å². The molecule has 2 aromatic heterocycles. The van der Waals surface area contributed by atoms with Crippen LogP contribution >= 0.6 is 0 Å². The Morgan fingerprint density at radius 3 is 2.75 bits per heavy atom. The van der Waals surface area contributed by atoms with E-state index in [1.54, 1.807) is 18.3 Å². The van der Waals surface area contributed by atoms with Gasteiger partial charge in [-0.2, -0.15) is 0 Å². The maximum atomic E-state index is 11.9. The van der Waals surface area contributed by atoms with Gasteiger partial charge in [0.25, 0.3) is 5.91 Å². The number of primary amides is 1. The van der Waals surface area contributed by atoms with E-state index in [1.807, 2.05) is 30.5 Å². The van der Waals surface area contributed by atoms with E-state index in [4.69, 9.17) is 11.5 Å². The number of amides is 1. The minimum atomic E-state index is -0.527. The van der Waals surface area contributed by atoms with Crippen molar-refractivity contribution in [2.45, 2.75) is 37.8 Å². The van der Waals surface area contributed by atoms with Crippen molar-refractivity contribution in [1.82, 2.24) is 9.97 Å². The number of rotatable bonds is 5. The van der Waals surface area contributed by atoms with Gasteiger partial charge in [0, 0.05) is 35.6 Å². The van der Waals surface area contributed by atoms with Gasteiger partial charge in [0.15, 0.2) is 0 Å². The summed E-state index contributed by atoms with van der Waals surface area (Å²) in [5.41, 5.74) is 12.9. The van der Waals surface area contributed by atoms with Crippen LogP contribution in [0.5, 0.6) is 0 Å². The Morgan fingerprint density at radius 2 is 1.93 bits per heavy atom. The molecule has 1 fully saturated rings. The Labute approximate surface area is 163 Å². The number of anilines is 3. The number of aromatic nitrogens is 2. The van der Waals surface area contributed by atoms with E-state index in [-0.39, 0.29) is 12.1 Å². The Morgan fingerprint density at radius 1 is 1.07 bits per heavy atom. The molecule has 7 heteroatoms. The third-order valence-electron chi connectivity index (χ3n) is 5.22. The summed E-state index contributed by atoms with van der Waals surface area (Å²) >= 11 is 0. The molecule has 0 spiro atoms. The van der Waals surface area contributed by atoms with Crippen molar-refractivity contribution < 1.29 is 4.79 Å². The summed E-state index contributed by atoms with van der Waals surface area (Å²) in [5.74, 6) is 0.580. The highest BCUT2D eigenvalue weighted by molar-refractivity contribution is 5.99. The Bertz CT molecular complexity index is 1010. The van der Waals surface area contributed by atoms with E-state index in [2.05, 4.69) is 20.6 Å². The highest BCUT2D eigenvalue weighted by Gasteiger charge is 2.22. The standard InChI is InChI=1S/C21H24N6O/c22-17-3-1-2-4-18(17)26-19-8-7-16(20(23)28)21(27-19)25-15-6-5-14-12-24-10-9-13(14)11-15/h5-12,17-18H,1-4,22H2,(H2,23,28)(H2,25,26,27)/t17-,18+/m0/s1. The van der Waals surface area contributed by atoms with Crippen LogP contribution in [0.15, 0.2) is 48.8 Å². The summed E-state index contributed by atoms with van der Waals surface area (Å²) in [5, 5.41) is 8.73. The highest BCUT2D eigenvalue weighted by atomic mass is 16.1. The number of benzene rings is 1. The van der Waals surface area contributed by atoms with Gasteiger partial charge >= 0.3 is 0 Å². The molecule has 0 unspecified atom stereocenters. The van der Waals surface area contributed by atoms with Crippen LogP contribution < -0.4 is 22.1 Å². The van der Waals surface area contributed by atoms with Crippen LogP contribution in [0.25, 0.3) is 10.8 Å². The molecule has 6 N–H and O–H groups in total. The number of carbonyl (C=O) groups is 1. The normalized spacial score (nSPS) is 19.3. The molecule has 2 atom stereocenters. The first-order chi connectivity index (χ1) is 13.6. The molecule has 2 heterocycles. The summed E-state index contributed by atoms with van der Waals surface area (Å²) < 4.78 is 0. The minimum absolute atomic E-state index is 0.108. The molecule has 28 heavy (non-hydrogen) atoms. The van der Waals surface area contributed by atoms with Crippen molar-refractivity contribution in [3.63, 3.8) is 0 Å². The Balaban J connectivity index is 1.62.